The molecule has 0 fully saturated rings. The summed E-state index contributed by atoms with van der Waals surface area (Å²) >= 11 is 3.33. The van der Waals surface area contributed by atoms with E-state index < -0.39 is 6.09 Å². The van der Waals surface area contributed by atoms with Gasteiger partial charge in [0.1, 0.15) is 5.82 Å². The maximum atomic E-state index is 11.2. The number of hydrogen-bond acceptors (Lipinski definition) is 3. The van der Waals surface area contributed by atoms with Crippen LogP contribution in [0.15, 0.2) is 16.7 Å². The van der Waals surface area contributed by atoms with Crippen LogP contribution in [0.4, 0.5) is 10.6 Å². The minimum atomic E-state index is -0.487. The number of ether oxygens (including phenoxy) is 1. The van der Waals surface area contributed by atoms with Gasteiger partial charge in [-0.05, 0) is 48.3 Å². The third-order valence-corrected chi connectivity index (χ3v) is 2.45. The molecule has 1 aromatic rings. The molecule has 0 aliphatic heterocycles. The molecule has 0 unspecified atom stereocenters. The van der Waals surface area contributed by atoms with Crippen LogP contribution in [0.2, 0.25) is 0 Å². The molecule has 0 aromatic carbocycles. The highest BCUT2D eigenvalue weighted by molar-refractivity contribution is 9.10. The van der Waals surface area contributed by atoms with Crippen molar-refractivity contribution in [3.63, 3.8) is 0 Å². The van der Waals surface area contributed by atoms with E-state index in [0.717, 1.165) is 10.0 Å². The van der Waals surface area contributed by atoms with E-state index in [1.54, 1.807) is 26.1 Å². The Morgan fingerprint density at radius 3 is 2.80 bits per heavy atom. The summed E-state index contributed by atoms with van der Waals surface area (Å²) in [5, 5.41) is 2.55. The zero-order valence-corrected chi connectivity index (χ0v) is 10.5. The summed E-state index contributed by atoms with van der Waals surface area (Å²) in [6.07, 6.45) is 1.01. The number of anilines is 1. The lowest BCUT2D eigenvalue weighted by Crippen LogP contribution is -2.18. The van der Waals surface area contributed by atoms with Gasteiger partial charge in [0.25, 0.3) is 0 Å². The highest BCUT2D eigenvalue weighted by Gasteiger charge is 2.06. The van der Waals surface area contributed by atoms with Gasteiger partial charge in [0.15, 0.2) is 0 Å². The molecule has 0 radical (unpaired) electrons. The number of nitrogens with zero attached hydrogens (tertiary/aromatic N) is 1. The van der Waals surface area contributed by atoms with Gasteiger partial charge >= 0.3 is 6.09 Å². The van der Waals surface area contributed by atoms with Crippen molar-refractivity contribution in [1.29, 1.82) is 0 Å². The molecular formula is C10H13BrN2O2. The molecule has 1 amide bonds. The fourth-order valence-electron chi connectivity index (χ4n) is 0.956. The van der Waals surface area contributed by atoms with E-state index in [1.165, 1.54) is 0 Å². The summed E-state index contributed by atoms with van der Waals surface area (Å²) in [6, 6.07) is 1.77. The molecule has 0 saturated heterocycles. The van der Waals surface area contributed by atoms with Gasteiger partial charge in [0, 0.05) is 10.7 Å². The largest absolute Gasteiger partial charge is 0.447 e. The fraction of sp³-hybridized carbons (Fsp3) is 0.400. The van der Waals surface area contributed by atoms with Crippen LogP contribution in [0.25, 0.3) is 0 Å². The molecule has 0 spiro atoms. The predicted molar refractivity (Wildman–Crippen MR) is 61.9 cm³/mol. The molecular weight excluding hydrogens is 260 g/mol. The summed E-state index contributed by atoms with van der Waals surface area (Å²) in [5.41, 5.74) is 1.00. The normalized spacial score (nSPS) is 10.2. The molecule has 1 rings (SSSR count). The Bertz CT molecular complexity index is 366. The van der Waals surface area contributed by atoms with Crippen molar-refractivity contribution in [3.8, 4) is 0 Å². The highest BCUT2D eigenvalue weighted by Crippen LogP contribution is 2.17. The summed E-state index contributed by atoms with van der Waals surface area (Å²) in [5.74, 6) is 0.487. The Labute approximate surface area is 97.2 Å². The molecule has 4 nitrogen and oxygen atoms in total. The lowest BCUT2D eigenvalue weighted by molar-refractivity contribution is 0.130. The van der Waals surface area contributed by atoms with Crippen molar-refractivity contribution in [3.05, 3.63) is 22.3 Å². The predicted octanol–water partition coefficient (Wildman–Crippen LogP) is 3.11. The minimum absolute atomic E-state index is 0.137. The monoisotopic (exact) mass is 272 g/mol. The zero-order valence-electron chi connectivity index (χ0n) is 8.87. The van der Waals surface area contributed by atoms with Crippen LogP contribution in [0.5, 0.6) is 0 Å². The average Bonchev–Trinajstić information content (AvgIpc) is 2.10. The number of aromatic nitrogens is 1. The number of nitrogens with one attached hydrogen (secondary N) is 1. The Hall–Kier alpha value is -1.10. The lowest BCUT2D eigenvalue weighted by atomic mass is 10.3. The van der Waals surface area contributed by atoms with Gasteiger partial charge in [-0.2, -0.15) is 0 Å². The molecule has 82 valence electrons. The van der Waals surface area contributed by atoms with E-state index in [0.29, 0.717) is 5.82 Å². The minimum Gasteiger partial charge on any atom is -0.447 e. The second-order valence-electron chi connectivity index (χ2n) is 3.40. The second kappa shape index (κ2) is 5.11. The van der Waals surface area contributed by atoms with Gasteiger partial charge < -0.3 is 4.74 Å². The maximum Gasteiger partial charge on any atom is 0.413 e. The molecule has 15 heavy (non-hydrogen) atoms. The molecule has 1 aromatic heterocycles. The van der Waals surface area contributed by atoms with Gasteiger partial charge in [-0.1, -0.05) is 0 Å². The Morgan fingerprint density at radius 1 is 1.60 bits per heavy atom. The maximum absolute atomic E-state index is 11.2. The van der Waals surface area contributed by atoms with Gasteiger partial charge in [0.05, 0.1) is 6.10 Å². The molecule has 0 atom stereocenters. The molecule has 0 saturated carbocycles. The quantitative estimate of drug-likeness (QED) is 0.900. The van der Waals surface area contributed by atoms with Gasteiger partial charge in [-0.3, -0.25) is 5.32 Å². The number of aryl methyl sites for hydroxylation is 1. The summed E-state index contributed by atoms with van der Waals surface area (Å²) in [7, 11) is 0. The van der Waals surface area contributed by atoms with Crippen LogP contribution >= 0.6 is 15.9 Å². The third kappa shape index (κ3) is 3.87. The van der Waals surface area contributed by atoms with E-state index in [1.807, 2.05) is 6.92 Å². The van der Waals surface area contributed by atoms with E-state index in [2.05, 4.69) is 26.2 Å². The standard InChI is InChI=1S/C10H13BrN2O2/c1-6(2)15-10(14)13-9-4-7(3)8(11)5-12-9/h4-6H,1-3H3,(H,12,13,14). The van der Waals surface area contributed by atoms with Crippen LogP contribution in [-0.2, 0) is 4.74 Å². The number of carbonyl (C=O) groups excluding carboxylic acids is 1. The van der Waals surface area contributed by atoms with Crippen molar-refractivity contribution >= 4 is 27.8 Å². The van der Waals surface area contributed by atoms with Gasteiger partial charge in [-0.25, -0.2) is 9.78 Å². The SMILES string of the molecule is Cc1cc(NC(=O)OC(C)C)ncc1Br. The number of carbonyl (C=O) groups is 1. The van der Waals surface area contributed by atoms with Crippen LogP contribution < -0.4 is 5.32 Å². The highest BCUT2D eigenvalue weighted by atomic mass is 79.9. The Morgan fingerprint density at radius 2 is 2.27 bits per heavy atom. The van der Waals surface area contributed by atoms with E-state index in [4.69, 9.17) is 4.74 Å². The van der Waals surface area contributed by atoms with Gasteiger partial charge in [0.2, 0.25) is 0 Å². The third-order valence-electron chi connectivity index (χ3n) is 1.62. The molecule has 0 aliphatic rings. The van der Waals surface area contributed by atoms with Crippen molar-refractivity contribution in [2.75, 3.05) is 5.32 Å². The molecule has 0 bridgehead atoms. The number of amides is 1. The smallest absolute Gasteiger partial charge is 0.413 e. The van der Waals surface area contributed by atoms with Crippen molar-refractivity contribution in [1.82, 2.24) is 4.98 Å². The number of pyridine rings is 1. The van der Waals surface area contributed by atoms with Crippen LogP contribution in [-0.4, -0.2) is 17.2 Å². The second-order valence-corrected chi connectivity index (χ2v) is 4.25. The number of rotatable bonds is 2. The van der Waals surface area contributed by atoms with E-state index in [9.17, 15) is 4.79 Å². The first kappa shape index (κ1) is 12.0. The Balaban J connectivity index is 2.65. The first-order chi connectivity index (χ1) is 6.99. The summed E-state index contributed by atoms with van der Waals surface area (Å²) in [4.78, 5) is 15.3. The first-order valence-electron chi connectivity index (χ1n) is 4.59. The molecule has 1 N–H and O–H groups in total. The Kier molecular flexibility index (Phi) is 4.08. The molecule has 1 heterocycles. The molecule has 5 heteroatoms. The first-order valence-corrected chi connectivity index (χ1v) is 5.38. The van der Waals surface area contributed by atoms with Crippen LogP contribution in [0.3, 0.4) is 0 Å². The number of halogens is 1. The van der Waals surface area contributed by atoms with Crippen LogP contribution in [0, 0.1) is 6.92 Å². The van der Waals surface area contributed by atoms with Crippen molar-refractivity contribution in [2.45, 2.75) is 26.9 Å². The van der Waals surface area contributed by atoms with Crippen molar-refractivity contribution in [2.24, 2.45) is 0 Å². The van der Waals surface area contributed by atoms with E-state index in [-0.39, 0.29) is 6.10 Å². The summed E-state index contributed by atoms with van der Waals surface area (Å²) in [6.45, 7) is 5.50. The van der Waals surface area contributed by atoms with Crippen molar-refractivity contribution < 1.29 is 9.53 Å². The molecule has 0 aliphatic carbocycles. The summed E-state index contributed by atoms with van der Waals surface area (Å²) < 4.78 is 5.83. The van der Waals surface area contributed by atoms with E-state index >= 15 is 0 Å². The topological polar surface area (TPSA) is 51.2 Å². The van der Waals surface area contributed by atoms with Crippen LogP contribution in [0.1, 0.15) is 19.4 Å². The lowest BCUT2D eigenvalue weighted by Gasteiger charge is -2.09. The zero-order chi connectivity index (χ0) is 11.4. The average molecular weight is 273 g/mol. The fourth-order valence-corrected chi connectivity index (χ4v) is 1.17. The van der Waals surface area contributed by atoms with Gasteiger partial charge in [-0.15, -0.1) is 0 Å². The number of hydrogen-bond donors (Lipinski definition) is 1.